The molecule has 0 unspecified atom stereocenters. The van der Waals surface area contributed by atoms with Crippen molar-refractivity contribution in [1.29, 1.82) is 0 Å². The summed E-state index contributed by atoms with van der Waals surface area (Å²) >= 11 is 1.34. The van der Waals surface area contributed by atoms with E-state index in [0.717, 1.165) is 10.4 Å². The van der Waals surface area contributed by atoms with Crippen LogP contribution in [0.3, 0.4) is 0 Å². The van der Waals surface area contributed by atoms with Crippen LogP contribution in [0.25, 0.3) is 0 Å². The second kappa shape index (κ2) is 8.84. The summed E-state index contributed by atoms with van der Waals surface area (Å²) < 4.78 is 5.28. The molecule has 7 nitrogen and oxygen atoms in total. The molecule has 0 fully saturated rings. The Kier molecular flexibility index (Phi) is 6.53. The molecule has 0 saturated heterocycles. The maximum Gasteiger partial charge on any atom is 0.276 e. The lowest BCUT2D eigenvalue weighted by Crippen LogP contribution is -2.47. The van der Waals surface area contributed by atoms with Gasteiger partial charge in [0.05, 0.1) is 11.4 Å². The van der Waals surface area contributed by atoms with Crippen LogP contribution in [0.5, 0.6) is 5.75 Å². The number of hydrogen-bond donors (Lipinski definition) is 3. The van der Waals surface area contributed by atoms with Crippen LogP contribution in [0, 0.1) is 13.8 Å². The third kappa shape index (κ3) is 6.27. The van der Waals surface area contributed by atoms with Crippen molar-refractivity contribution < 1.29 is 19.1 Å². The molecule has 132 valence electrons. The predicted molar refractivity (Wildman–Crippen MR) is 94.3 cm³/mol. The van der Waals surface area contributed by atoms with E-state index in [4.69, 9.17) is 4.74 Å². The number of hydrazine groups is 1. The van der Waals surface area contributed by atoms with Gasteiger partial charge in [0.15, 0.2) is 6.61 Å². The molecular weight excluding hydrogens is 342 g/mol. The molecule has 0 spiro atoms. The smallest absolute Gasteiger partial charge is 0.276 e. The van der Waals surface area contributed by atoms with Crippen LogP contribution in [0.1, 0.15) is 20.1 Å². The zero-order valence-electron chi connectivity index (χ0n) is 13.9. The molecule has 1 aromatic carbocycles. The molecule has 2 rings (SSSR count). The Morgan fingerprint density at radius 3 is 2.28 bits per heavy atom. The minimum Gasteiger partial charge on any atom is -0.484 e. The van der Waals surface area contributed by atoms with Gasteiger partial charge in [0, 0.05) is 4.88 Å². The van der Waals surface area contributed by atoms with Crippen molar-refractivity contribution in [2.75, 3.05) is 13.2 Å². The first-order chi connectivity index (χ1) is 11.9. The standard InChI is InChI=1S/C17H19N3O4S/c1-11-3-6-13(7-4-11)24-10-16(22)20-19-15(21)9-18-17(23)14-8-5-12(2)25-14/h3-8H,9-10H2,1-2H3,(H,18,23)(H,19,21)(H,20,22). The monoisotopic (exact) mass is 361 g/mol. The number of benzene rings is 1. The summed E-state index contributed by atoms with van der Waals surface area (Å²) in [5, 5.41) is 2.48. The van der Waals surface area contributed by atoms with Gasteiger partial charge in [-0.2, -0.15) is 0 Å². The largest absolute Gasteiger partial charge is 0.484 e. The Balaban J connectivity index is 1.64. The van der Waals surface area contributed by atoms with Gasteiger partial charge in [-0.05, 0) is 38.1 Å². The van der Waals surface area contributed by atoms with Gasteiger partial charge in [0.2, 0.25) is 0 Å². The maximum atomic E-state index is 11.8. The predicted octanol–water partition coefficient (Wildman–Crippen LogP) is 1.32. The normalized spacial score (nSPS) is 10.0. The molecule has 0 radical (unpaired) electrons. The molecule has 0 saturated carbocycles. The summed E-state index contributed by atoms with van der Waals surface area (Å²) in [6.07, 6.45) is 0. The van der Waals surface area contributed by atoms with Crippen molar-refractivity contribution in [3.63, 3.8) is 0 Å². The van der Waals surface area contributed by atoms with E-state index < -0.39 is 11.8 Å². The maximum absolute atomic E-state index is 11.8. The summed E-state index contributed by atoms with van der Waals surface area (Å²) in [4.78, 5) is 36.6. The van der Waals surface area contributed by atoms with Gasteiger partial charge >= 0.3 is 0 Å². The molecule has 0 aliphatic rings. The second-order valence-electron chi connectivity index (χ2n) is 5.29. The van der Waals surface area contributed by atoms with E-state index in [1.54, 1.807) is 18.2 Å². The highest BCUT2D eigenvalue weighted by Gasteiger charge is 2.10. The number of aryl methyl sites for hydroxylation is 2. The zero-order chi connectivity index (χ0) is 18.2. The second-order valence-corrected chi connectivity index (χ2v) is 6.58. The Morgan fingerprint density at radius 1 is 0.960 bits per heavy atom. The molecule has 8 heteroatoms. The minimum atomic E-state index is -0.537. The van der Waals surface area contributed by atoms with Crippen LogP contribution in [0.4, 0.5) is 0 Å². The van der Waals surface area contributed by atoms with E-state index in [-0.39, 0.29) is 19.1 Å². The van der Waals surface area contributed by atoms with E-state index in [2.05, 4.69) is 16.2 Å². The Morgan fingerprint density at radius 2 is 1.64 bits per heavy atom. The zero-order valence-corrected chi connectivity index (χ0v) is 14.7. The number of carbonyl (C=O) groups excluding carboxylic acids is 3. The summed E-state index contributed by atoms with van der Waals surface area (Å²) in [5.41, 5.74) is 5.52. The molecule has 3 amide bonds. The number of ether oxygens (including phenoxy) is 1. The molecule has 25 heavy (non-hydrogen) atoms. The highest BCUT2D eigenvalue weighted by molar-refractivity contribution is 7.13. The van der Waals surface area contributed by atoms with E-state index in [1.807, 2.05) is 32.0 Å². The van der Waals surface area contributed by atoms with Crippen LogP contribution < -0.4 is 20.9 Å². The number of hydrogen-bond acceptors (Lipinski definition) is 5. The lowest BCUT2D eigenvalue weighted by atomic mass is 10.2. The van der Waals surface area contributed by atoms with Gasteiger partial charge < -0.3 is 10.1 Å². The molecule has 0 bridgehead atoms. The van der Waals surface area contributed by atoms with Crippen molar-refractivity contribution in [2.45, 2.75) is 13.8 Å². The third-order valence-electron chi connectivity index (χ3n) is 3.11. The fourth-order valence-electron chi connectivity index (χ4n) is 1.81. The lowest BCUT2D eigenvalue weighted by molar-refractivity contribution is -0.129. The van der Waals surface area contributed by atoms with Crippen molar-refractivity contribution in [3.05, 3.63) is 51.7 Å². The summed E-state index contributed by atoms with van der Waals surface area (Å²) in [7, 11) is 0. The van der Waals surface area contributed by atoms with Crippen molar-refractivity contribution in [1.82, 2.24) is 16.2 Å². The quantitative estimate of drug-likeness (QED) is 0.676. The fraction of sp³-hybridized carbons (Fsp3) is 0.235. The van der Waals surface area contributed by atoms with Crippen molar-refractivity contribution in [3.8, 4) is 5.75 Å². The molecule has 1 heterocycles. The van der Waals surface area contributed by atoms with Gasteiger partial charge in [-0.3, -0.25) is 25.2 Å². The first-order valence-corrected chi connectivity index (χ1v) is 8.37. The van der Waals surface area contributed by atoms with Crippen molar-refractivity contribution >= 4 is 29.1 Å². The molecular formula is C17H19N3O4S. The topological polar surface area (TPSA) is 96.5 Å². The summed E-state index contributed by atoms with van der Waals surface area (Å²) in [6.45, 7) is 3.37. The summed E-state index contributed by atoms with van der Waals surface area (Å²) in [6, 6.07) is 10.8. The van der Waals surface area contributed by atoms with E-state index in [1.165, 1.54) is 11.3 Å². The Bertz CT molecular complexity index is 756. The molecule has 3 N–H and O–H groups in total. The molecule has 0 aliphatic carbocycles. The average Bonchev–Trinajstić information content (AvgIpc) is 3.04. The third-order valence-corrected chi connectivity index (χ3v) is 4.11. The first-order valence-electron chi connectivity index (χ1n) is 7.56. The lowest BCUT2D eigenvalue weighted by Gasteiger charge is -2.09. The number of rotatable bonds is 6. The summed E-state index contributed by atoms with van der Waals surface area (Å²) in [5.74, 6) is -0.813. The Labute approximate surface area is 149 Å². The minimum absolute atomic E-state index is 0.232. The molecule has 2 aromatic rings. The van der Waals surface area contributed by atoms with Gasteiger partial charge in [-0.1, -0.05) is 17.7 Å². The van der Waals surface area contributed by atoms with Gasteiger partial charge in [-0.15, -0.1) is 11.3 Å². The molecule has 0 atom stereocenters. The highest BCUT2D eigenvalue weighted by Crippen LogP contribution is 2.14. The van der Waals surface area contributed by atoms with E-state index >= 15 is 0 Å². The molecule has 0 aliphatic heterocycles. The SMILES string of the molecule is Cc1ccc(OCC(=O)NNC(=O)CNC(=O)c2ccc(C)s2)cc1. The average molecular weight is 361 g/mol. The number of amides is 3. The van der Waals surface area contributed by atoms with Crippen LogP contribution in [-0.2, 0) is 9.59 Å². The first kappa shape index (κ1) is 18.5. The molecule has 1 aromatic heterocycles. The van der Waals surface area contributed by atoms with Gasteiger partial charge in [0.1, 0.15) is 5.75 Å². The van der Waals surface area contributed by atoms with Crippen LogP contribution >= 0.6 is 11.3 Å². The fourth-order valence-corrected chi connectivity index (χ4v) is 2.59. The highest BCUT2D eigenvalue weighted by atomic mass is 32.1. The number of carbonyl (C=O) groups is 3. The van der Waals surface area contributed by atoms with Crippen LogP contribution in [0.2, 0.25) is 0 Å². The number of thiophene rings is 1. The van der Waals surface area contributed by atoms with Crippen molar-refractivity contribution in [2.24, 2.45) is 0 Å². The Hall–Kier alpha value is -2.87. The van der Waals surface area contributed by atoms with E-state index in [9.17, 15) is 14.4 Å². The van der Waals surface area contributed by atoms with Crippen LogP contribution in [0.15, 0.2) is 36.4 Å². The van der Waals surface area contributed by atoms with Gasteiger partial charge in [0.25, 0.3) is 17.7 Å². The number of nitrogens with one attached hydrogen (secondary N) is 3. The van der Waals surface area contributed by atoms with Crippen LogP contribution in [-0.4, -0.2) is 30.9 Å². The van der Waals surface area contributed by atoms with Gasteiger partial charge in [-0.25, -0.2) is 0 Å². The van der Waals surface area contributed by atoms with E-state index in [0.29, 0.717) is 10.6 Å².